The summed E-state index contributed by atoms with van der Waals surface area (Å²) in [6.07, 6.45) is 97.0. The molecule has 510 valence electrons. The van der Waals surface area contributed by atoms with Crippen LogP contribution in [0.4, 0.5) is 0 Å². The SMILES string of the molecule is CCCCCC/C=C\C/C=C\CCCCCCCCCC(=O)OCCCCCCCCCCCCCCCCCCCCCCCCCCCCCCCCCCC(=O)NC(CO)C(O)CCCCCCCCCCCCCCCCCCCCC. The van der Waals surface area contributed by atoms with Crippen molar-refractivity contribution in [1.82, 2.24) is 5.32 Å². The first-order valence-corrected chi connectivity index (χ1v) is 39.6. The van der Waals surface area contributed by atoms with Gasteiger partial charge in [0.05, 0.1) is 25.4 Å². The molecule has 6 heteroatoms. The summed E-state index contributed by atoms with van der Waals surface area (Å²) in [5.41, 5.74) is 0. The van der Waals surface area contributed by atoms with Crippen molar-refractivity contribution >= 4 is 11.9 Å². The van der Waals surface area contributed by atoms with E-state index in [0.29, 0.717) is 25.9 Å². The highest BCUT2D eigenvalue weighted by molar-refractivity contribution is 5.76. The Morgan fingerprint density at radius 1 is 0.326 bits per heavy atom. The van der Waals surface area contributed by atoms with Gasteiger partial charge in [0.15, 0.2) is 0 Å². The van der Waals surface area contributed by atoms with E-state index in [0.717, 1.165) is 51.4 Å². The van der Waals surface area contributed by atoms with Gasteiger partial charge >= 0.3 is 5.97 Å². The predicted molar refractivity (Wildman–Crippen MR) is 380 cm³/mol. The second kappa shape index (κ2) is 75.8. The summed E-state index contributed by atoms with van der Waals surface area (Å²) < 4.78 is 5.51. The monoisotopic (exact) mass is 1210 g/mol. The molecule has 3 N–H and O–H groups in total. The van der Waals surface area contributed by atoms with Crippen molar-refractivity contribution in [3.63, 3.8) is 0 Å². The lowest BCUT2D eigenvalue weighted by Gasteiger charge is -2.22. The van der Waals surface area contributed by atoms with Crippen LogP contribution in [0.3, 0.4) is 0 Å². The Bertz CT molecular complexity index is 1350. The molecule has 0 aromatic heterocycles. The van der Waals surface area contributed by atoms with Crippen LogP contribution in [-0.2, 0) is 14.3 Å². The van der Waals surface area contributed by atoms with E-state index in [1.54, 1.807) is 0 Å². The molecule has 0 aliphatic carbocycles. The zero-order chi connectivity index (χ0) is 62.0. The van der Waals surface area contributed by atoms with Crippen molar-refractivity contribution in [1.29, 1.82) is 0 Å². The topological polar surface area (TPSA) is 95.9 Å². The highest BCUT2D eigenvalue weighted by Crippen LogP contribution is 2.20. The number of aliphatic hydroxyl groups is 2. The molecule has 0 saturated heterocycles. The normalized spacial score (nSPS) is 12.6. The Kier molecular flexibility index (Phi) is 74.3. The number of hydrogen-bond donors (Lipinski definition) is 3. The average Bonchev–Trinajstić information content (AvgIpc) is 3.54. The summed E-state index contributed by atoms with van der Waals surface area (Å²) in [5.74, 6) is -0.0107. The van der Waals surface area contributed by atoms with E-state index in [1.807, 2.05) is 0 Å². The second-order valence-corrected chi connectivity index (χ2v) is 27.4. The molecule has 0 aromatic rings. The first-order valence-electron chi connectivity index (χ1n) is 39.6. The van der Waals surface area contributed by atoms with Gasteiger partial charge in [0.1, 0.15) is 0 Å². The standard InChI is InChI=1S/C80H155NO5/c1-3-5-7-9-11-13-15-17-19-21-37-40-44-48-52-56-60-64-68-72-78(83)77(76-82)81-79(84)73-69-65-61-57-53-49-45-41-38-35-33-31-29-27-25-23-24-26-28-30-32-34-36-39-43-47-51-55-59-63-67-71-75-86-80(85)74-70-66-62-58-54-50-46-42-22-20-18-16-14-12-10-8-6-4-2/h14,16,20,22,77-78,82-83H,3-13,15,17-19,21,23-76H2,1-2H3,(H,81,84)/b16-14-,22-20-. The number of nitrogens with one attached hydrogen (secondary N) is 1. The second-order valence-electron chi connectivity index (χ2n) is 27.4. The van der Waals surface area contributed by atoms with Gasteiger partial charge in [-0.2, -0.15) is 0 Å². The highest BCUT2D eigenvalue weighted by atomic mass is 16.5. The molecule has 0 saturated carbocycles. The molecule has 0 heterocycles. The lowest BCUT2D eigenvalue weighted by molar-refractivity contribution is -0.143. The fourth-order valence-electron chi connectivity index (χ4n) is 12.7. The van der Waals surface area contributed by atoms with E-state index in [1.165, 1.54) is 366 Å². The summed E-state index contributed by atoms with van der Waals surface area (Å²) in [6.45, 7) is 4.99. The van der Waals surface area contributed by atoms with Crippen molar-refractivity contribution < 1.29 is 24.5 Å². The van der Waals surface area contributed by atoms with E-state index in [4.69, 9.17) is 4.74 Å². The van der Waals surface area contributed by atoms with Crippen LogP contribution in [0.2, 0.25) is 0 Å². The first-order chi connectivity index (χ1) is 42.5. The average molecular weight is 1210 g/mol. The van der Waals surface area contributed by atoms with Crippen molar-refractivity contribution in [2.75, 3.05) is 13.2 Å². The number of unbranched alkanes of at least 4 members (excludes halogenated alkanes) is 60. The Morgan fingerprint density at radius 2 is 0.581 bits per heavy atom. The van der Waals surface area contributed by atoms with E-state index >= 15 is 0 Å². The number of carbonyl (C=O) groups is 2. The summed E-state index contributed by atoms with van der Waals surface area (Å²) in [5, 5.41) is 23.4. The van der Waals surface area contributed by atoms with Crippen LogP contribution >= 0.6 is 0 Å². The van der Waals surface area contributed by atoms with Crippen LogP contribution in [0.25, 0.3) is 0 Å². The molecule has 0 aromatic carbocycles. The molecule has 6 nitrogen and oxygen atoms in total. The largest absolute Gasteiger partial charge is 0.466 e. The third-order valence-electron chi connectivity index (χ3n) is 18.8. The van der Waals surface area contributed by atoms with Crippen molar-refractivity contribution in [2.45, 2.75) is 463 Å². The fourth-order valence-corrected chi connectivity index (χ4v) is 12.7. The minimum Gasteiger partial charge on any atom is -0.466 e. The molecular formula is C80H155NO5. The fraction of sp³-hybridized carbons (Fsp3) is 0.925. The number of hydrogen-bond acceptors (Lipinski definition) is 5. The minimum atomic E-state index is -0.662. The molecule has 2 atom stereocenters. The molecule has 0 fully saturated rings. The van der Waals surface area contributed by atoms with E-state index < -0.39 is 12.1 Å². The summed E-state index contributed by atoms with van der Waals surface area (Å²) in [4.78, 5) is 24.7. The van der Waals surface area contributed by atoms with Crippen molar-refractivity contribution in [3.8, 4) is 0 Å². The lowest BCUT2D eigenvalue weighted by atomic mass is 10.0. The maximum atomic E-state index is 12.6. The van der Waals surface area contributed by atoms with Gasteiger partial charge in [-0.1, -0.05) is 404 Å². The van der Waals surface area contributed by atoms with Gasteiger partial charge in [-0.25, -0.2) is 0 Å². The molecule has 0 spiro atoms. The number of aliphatic hydroxyl groups excluding tert-OH is 2. The van der Waals surface area contributed by atoms with E-state index in [-0.39, 0.29) is 18.5 Å². The smallest absolute Gasteiger partial charge is 0.305 e. The summed E-state index contributed by atoms with van der Waals surface area (Å²) in [7, 11) is 0. The molecule has 0 bridgehead atoms. The molecular weight excluding hydrogens is 1050 g/mol. The Hall–Kier alpha value is -1.66. The number of carbonyl (C=O) groups excluding carboxylic acids is 2. The Balaban J connectivity index is 3.32. The van der Waals surface area contributed by atoms with Gasteiger partial charge in [-0.3, -0.25) is 9.59 Å². The molecule has 1 amide bonds. The summed E-state index contributed by atoms with van der Waals surface area (Å²) in [6, 6.07) is -0.538. The molecule has 2 unspecified atom stereocenters. The molecule has 0 aliphatic heterocycles. The number of amides is 1. The molecule has 0 rings (SSSR count). The van der Waals surface area contributed by atoms with Crippen LogP contribution in [0, 0.1) is 0 Å². The Morgan fingerprint density at radius 3 is 0.895 bits per heavy atom. The van der Waals surface area contributed by atoms with Crippen LogP contribution in [0.5, 0.6) is 0 Å². The predicted octanol–water partition coefficient (Wildman–Crippen LogP) is 26.0. The summed E-state index contributed by atoms with van der Waals surface area (Å²) >= 11 is 0. The number of rotatable bonds is 75. The minimum absolute atomic E-state index is 0.0149. The maximum Gasteiger partial charge on any atom is 0.305 e. The van der Waals surface area contributed by atoms with Crippen LogP contribution in [0.15, 0.2) is 24.3 Å². The van der Waals surface area contributed by atoms with Crippen LogP contribution < -0.4 is 5.32 Å². The van der Waals surface area contributed by atoms with Gasteiger partial charge in [0.25, 0.3) is 0 Å². The van der Waals surface area contributed by atoms with E-state index in [2.05, 4.69) is 43.5 Å². The molecule has 0 radical (unpaired) electrons. The van der Waals surface area contributed by atoms with Crippen LogP contribution in [-0.4, -0.2) is 47.4 Å². The van der Waals surface area contributed by atoms with Gasteiger partial charge in [0.2, 0.25) is 5.91 Å². The first kappa shape index (κ1) is 84.3. The van der Waals surface area contributed by atoms with Crippen LogP contribution in [0.1, 0.15) is 450 Å². The van der Waals surface area contributed by atoms with Gasteiger partial charge in [-0.05, 0) is 57.8 Å². The van der Waals surface area contributed by atoms with Gasteiger partial charge in [-0.15, -0.1) is 0 Å². The van der Waals surface area contributed by atoms with Gasteiger partial charge < -0.3 is 20.3 Å². The zero-order valence-corrected chi connectivity index (χ0v) is 58.6. The lowest BCUT2D eigenvalue weighted by Crippen LogP contribution is -2.45. The Labute approximate surface area is 539 Å². The maximum absolute atomic E-state index is 12.6. The van der Waals surface area contributed by atoms with Crippen molar-refractivity contribution in [3.05, 3.63) is 24.3 Å². The molecule has 0 aliphatic rings. The zero-order valence-electron chi connectivity index (χ0n) is 58.6. The number of ether oxygens (including phenoxy) is 1. The van der Waals surface area contributed by atoms with Crippen molar-refractivity contribution in [2.24, 2.45) is 0 Å². The third kappa shape index (κ3) is 71.4. The quantitative estimate of drug-likeness (QED) is 0.0320. The van der Waals surface area contributed by atoms with E-state index in [9.17, 15) is 19.8 Å². The third-order valence-corrected chi connectivity index (χ3v) is 18.8. The number of esters is 1. The highest BCUT2D eigenvalue weighted by Gasteiger charge is 2.20. The van der Waals surface area contributed by atoms with Gasteiger partial charge in [0, 0.05) is 12.8 Å². The molecule has 86 heavy (non-hydrogen) atoms. The number of allylic oxidation sites excluding steroid dienone is 4.